The van der Waals surface area contributed by atoms with Gasteiger partial charge in [0.25, 0.3) is 0 Å². The van der Waals surface area contributed by atoms with Crippen molar-refractivity contribution < 1.29 is 28.8 Å². The van der Waals surface area contributed by atoms with Gasteiger partial charge >= 0.3 is 5.97 Å². The van der Waals surface area contributed by atoms with Gasteiger partial charge in [-0.05, 0) is 56.1 Å². The van der Waals surface area contributed by atoms with Crippen LogP contribution in [0, 0.1) is 13.8 Å². The lowest BCUT2D eigenvalue weighted by Crippen LogP contribution is -2.19. The summed E-state index contributed by atoms with van der Waals surface area (Å²) in [5.41, 5.74) is 4.82. The molecular formula is C27H34N2O6. The van der Waals surface area contributed by atoms with Gasteiger partial charge in [0, 0.05) is 30.0 Å². The van der Waals surface area contributed by atoms with E-state index in [1.807, 2.05) is 54.8 Å². The van der Waals surface area contributed by atoms with Crippen molar-refractivity contribution in [3.8, 4) is 23.0 Å². The van der Waals surface area contributed by atoms with Crippen LogP contribution in [0.3, 0.4) is 0 Å². The first-order valence-electron chi connectivity index (χ1n) is 11.4. The molecule has 8 heteroatoms. The molecule has 2 N–H and O–H groups in total. The van der Waals surface area contributed by atoms with Crippen LogP contribution in [0.4, 0.5) is 0 Å². The van der Waals surface area contributed by atoms with Crippen molar-refractivity contribution in [1.29, 1.82) is 0 Å². The van der Waals surface area contributed by atoms with Crippen molar-refractivity contribution >= 4 is 5.97 Å². The maximum Gasteiger partial charge on any atom is 0.337 e. The molecule has 0 aliphatic rings. The number of hydrogen-bond acceptors (Lipinski definition) is 6. The second kappa shape index (κ2) is 11.7. The Kier molecular flexibility index (Phi) is 8.65. The highest BCUT2D eigenvalue weighted by molar-refractivity contribution is 5.91. The molecule has 2 aromatic carbocycles. The number of carboxylic acid groups (broad SMARTS) is 1. The number of methoxy groups -OCH3 is 4. The van der Waals surface area contributed by atoms with E-state index in [-0.39, 0.29) is 0 Å². The highest BCUT2D eigenvalue weighted by Crippen LogP contribution is 2.39. The average Bonchev–Trinajstić information content (AvgIpc) is 3.10. The maximum atomic E-state index is 12.1. The molecule has 1 heterocycles. The van der Waals surface area contributed by atoms with Gasteiger partial charge in [0.15, 0.2) is 11.5 Å². The number of aromatic nitrogens is 1. The Hall–Kier alpha value is -3.65. The van der Waals surface area contributed by atoms with E-state index in [9.17, 15) is 9.90 Å². The monoisotopic (exact) mass is 482 g/mol. The summed E-state index contributed by atoms with van der Waals surface area (Å²) in [7, 11) is 6.40. The molecule has 0 aliphatic heterocycles. The fourth-order valence-corrected chi connectivity index (χ4v) is 4.44. The first kappa shape index (κ1) is 26.0. The van der Waals surface area contributed by atoms with Crippen molar-refractivity contribution in [3.05, 3.63) is 70.0 Å². The zero-order valence-electron chi connectivity index (χ0n) is 21.2. The molecule has 0 unspecified atom stereocenters. The summed E-state index contributed by atoms with van der Waals surface area (Å²) >= 11 is 0. The predicted octanol–water partition coefficient (Wildman–Crippen LogP) is 4.22. The third-order valence-corrected chi connectivity index (χ3v) is 6.26. The molecule has 0 spiro atoms. The van der Waals surface area contributed by atoms with Gasteiger partial charge in [-0.3, -0.25) is 0 Å². The molecule has 0 aliphatic carbocycles. The lowest BCUT2D eigenvalue weighted by molar-refractivity contribution is 0.0694. The van der Waals surface area contributed by atoms with Crippen molar-refractivity contribution in [3.63, 3.8) is 0 Å². The lowest BCUT2D eigenvalue weighted by Gasteiger charge is -2.16. The smallest absolute Gasteiger partial charge is 0.337 e. The van der Waals surface area contributed by atoms with E-state index >= 15 is 0 Å². The Labute approximate surface area is 206 Å². The van der Waals surface area contributed by atoms with Crippen LogP contribution in [0.15, 0.2) is 36.4 Å². The Morgan fingerprint density at radius 1 is 0.943 bits per heavy atom. The molecule has 0 amide bonds. The third-order valence-electron chi connectivity index (χ3n) is 6.26. The summed E-state index contributed by atoms with van der Waals surface area (Å²) < 4.78 is 23.8. The Morgan fingerprint density at radius 2 is 1.69 bits per heavy atom. The second-order valence-electron chi connectivity index (χ2n) is 8.19. The highest BCUT2D eigenvalue weighted by atomic mass is 16.5. The van der Waals surface area contributed by atoms with Crippen LogP contribution in [0.2, 0.25) is 0 Å². The van der Waals surface area contributed by atoms with Crippen LogP contribution in [0.5, 0.6) is 23.0 Å². The van der Waals surface area contributed by atoms with Crippen LogP contribution in [-0.4, -0.2) is 50.6 Å². The number of carboxylic acids is 1. The van der Waals surface area contributed by atoms with Crippen LogP contribution in [0.1, 0.15) is 38.4 Å². The van der Waals surface area contributed by atoms with Crippen LogP contribution >= 0.6 is 0 Å². The fraction of sp³-hybridized carbons (Fsp3) is 0.370. The van der Waals surface area contributed by atoms with Crippen molar-refractivity contribution in [2.75, 3.05) is 35.0 Å². The van der Waals surface area contributed by atoms with Crippen molar-refractivity contribution in [2.45, 2.75) is 33.4 Å². The number of rotatable bonds is 12. The molecule has 0 saturated heterocycles. The number of carbonyl (C=O) groups is 1. The highest BCUT2D eigenvalue weighted by Gasteiger charge is 2.23. The first-order valence-corrected chi connectivity index (χ1v) is 11.4. The Balaban J connectivity index is 1.77. The molecule has 188 valence electrons. The fourth-order valence-electron chi connectivity index (χ4n) is 4.44. The Bertz CT molecular complexity index is 1180. The van der Waals surface area contributed by atoms with Gasteiger partial charge < -0.3 is 33.9 Å². The van der Waals surface area contributed by atoms with E-state index in [2.05, 4.69) is 5.32 Å². The summed E-state index contributed by atoms with van der Waals surface area (Å²) in [5, 5.41) is 13.3. The quantitative estimate of drug-likeness (QED) is 0.374. The van der Waals surface area contributed by atoms with E-state index in [0.717, 1.165) is 33.8 Å². The molecule has 3 rings (SSSR count). The minimum Gasteiger partial charge on any atom is -0.497 e. The van der Waals surface area contributed by atoms with E-state index < -0.39 is 5.97 Å². The molecule has 8 nitrogen and oxygen atoms in total. The van der Waals surface area contributed by atoms with Gasteiger partial charge in [0.1, 0.15) is 5.75 Å². The van der Waals surface area contributed by atoms with Gasteiger partial charge in [-0.25, -0.2) is 4.79 Å². The number of nitrogens with zero attached hydrogens (tertiary/aromatic N) is 1. The van der Waals surface area contributed by atoms with Crippen LogP contribution in [0.25, 0.3) is 0 Å². The molecule has 35 heavy (non-hydrogen) atoms. The van der Waals surface area contributed by atoms with E-state index in [1.54, 1.807) is 28.4 Å². The van der Waals surface area contributed by atoms with E-state index in [1.165, 1.54) is 0 Å². The van der Waals surface area contributed by atoms with Crippen molar-refractivity contribution in [2.24, 2.45) is 0 Å². The number of ether oxygens (including phenoxy) is 4. The third kappa shape index (κ3) is 5.54. The molecule has 0 fully saturated rings. The molecule has 0 radical (unpaired) electrons. The second-order valence-corrected chi connectivity index (χ2v) is 8.19. The normalized spacial score (nSPS) is 10.8. The van der Waals surface area contributed by atoms with Gasteiger partial charge in [-0.15, -0.1) is 0 Å². The summed E-state index contributed by atoms with van der Waals surface area (Å²) in [6.45, 7) is 5.46. The predicted molar refractivity (Wildman–Crippen MR) is 134 cm³/mol. The molecule has 3 aromatic rings. The number of aromatic carboxylic acids is 1. The SMILES string of the molecule is COc1cccc(Cn2c(C)c(CNCCc3ccc(OC)c(OC)c3OC)c(C(=O)O)c2C)c1. The zero-order chi connectivity index (χ0) is 25.5. The van der Waals surface area contributed by atoms with E-state index in [4.69, 9.17) is 18.9 Å². The number of nitrogens with one attached hydrogen (secondary N) is 1. The summed E-state index contributed by atoms with van der Waals surface area (Å²) in [6.07, 6.45) is 0.675. The topological polar surface area (TPSA) is 91.2 Å². The number of hydrogen-bond donors (Lipinski definition) is 2. The van der Waals surface area contributed by atoms with E-state index in [0.29, 0.717) is 48.9 Å². The maximum absolute atomic E-state index is 12.1. The lowest BCUT2D eigenvalue weighted by atomic mass is 10.1. The van der Waals surface area contributed by atoms with Crippen molar-refractivity contribution in [1.82, 2.24) is 9.88 Å². The summed E-state index contributed by atoms with van der Waals surface area (Å²) in [5.74, 6) is 1.65. The molecular weight excluding hydrogens is 448 g/mol. The minimum atomic E-state index is -0.923. The van der Waals surface area contributed by atoms with Gasteiger partial charge in [-0.2, -0.15) is 0 Å². The Morgan fingerprint density at radius 3 is 2.31 bits per heavy atom. The van der Waals surface area contributed by atoms with Crippen LogP contribution < -0.4 is 24.3 Å². The molecule has 0 atom stereocenters. The largest absolute Gasteiger partial charge is 0.497 e. The minimum absolute atomic E-state index is 0.349. The van der Waals surface area contributed by atoms with Crippen LogP contribution in [-0.2, 0) is 19.5 Å². The first-order chi connectivity index (χ1) is 16.9. The molecule has 1 aromatic heterocycles. The standard InChI is InChI=1S/C27H34N2O6/c1-17-22(15-28-13-12-20-10-11-23(33-4)26(35-6)25(20)34-5)24(27(30)31)18(2)29(17)16-19-8-7-9-21(14-19)32-3/h7-11,14,28H,12-13,15-16H2,1-6H3,(H,30,31). The number of benzene rings is 2. The summed E-state index contributed by atoms with van der Waals surface area (Å²) in [6, 6.07) is 11.6. The summed E-state index contributed by atoms with van der Waals surface area (Å²) in [4.78, 5) is 12.1. The molecule has 0 saturated carbocycles. The van der Waals surface area contributed by atoms with Gasteiger partial charge in [0.2, 0.25) is 5.75 Å². The zero-order valence-corrected chi connectivity index (χ0v) is 21.2. The average molecular weight is 483 g/mol. The molecule has 0 bridgehead atoms. The van der Waals surface area contributed by atoms with Gasteiger partial charge in [-0.1, -0.05) is 18.2 Å². The van der Waals surface area contributed by atoms with Gasteiger partial charge in [0.05, 0.1) is 34.0 Å².